The summed E-state index contributed by atoms with van der Waals surface area (Å²) in [4.78, 5) is 16.5. The van der Waals surface area contributed by atoms with E-state index in [2.05, 4.69) is 72.9 Å². The van der Waals surface area contributed by atoms with Crippen LogP contribution in [0.15, 0.2) is 78.9 Å². The molecule has 0 aliphatic rings. The maximum atomic E-state index is 11.6. The zero-order chi connectivity index (χ0) is 22.3. The van der Waals surface area contributed by atoms with Crippen molar-refractivity contribution >= 4 is 22.6 Å². The first kappa shape index (κ1) is 21.6. The number of carbonyl (C=O) groups excluding carboxylic acids is 1. The molecule has 3 aromatic carbocycles. The van der Waals surface area contributed by atoms with Gasteiger partial charge in [-0.25, -0.2) is 4.98 Å². The molecule has 162 valence electrons. The molecule has 0 atom stereocenters. The van der Waals surface area contributed by atoms with Crippen molar-refractivity contribution in [2.45, 2.75) is 26.7 Å². The predicted molar refractivity (Wildman–Crippen MR) is 132 cm³/mol. The standard InChI is InChI=1S/C28H28N2O2/c1-3-32-28(31)12-7-17-29-27-19-26(30-25-11-5-4-10-24(25)27)22-15-13-21(14-16-22)23-9-6-8-20(2)18-23/h4-6,8-11,13-16,18-19H,3,7,12,17H2,1-2H3,(H,29,30). The molecule has 1 aromatic heterocycles. The van der Waals surface area contributed by atoms with Gasteiger partial charge in [0.05, 0.1) is 17.8 Å². The first-order chi connectivity index (χ1) is 15.6. The smallest absolute Gasteiger partial charge is 0.305 e. The number of aryl methyl sites for hydroxylation is 1. The van der Waals surface area contributed by atoms with E-state index in [9.17, 15) is 4.79 Å². The van der Waals surface area contributed by atoms with E-state index in [4.69, 9.17) is 9.72 Å². The number of carbonyl (C=O) groups is 1. The third-order valence-electron chi connectivity index (χ3n) is 5.43. The maximum Gasteiger partial charge on any atom is 0.305 e. The lowest BCUT2D eigenvalue weighted by molar-refractivity contribution is -0.143. The minimum absolute atomic E-state index is 0.150. The number of hydrogen-bond acceptors (Lipinski definition) is 4. The lowest BCUT2D eigenvalue weighted by atomic mass is 10.0. The van der Waals surface area contributed by atoms with E-state index in [-0.39, 0.29) is 5.97 Å². The van der Waals surface area contributed by atoms with Crippen molar-refractivity contribution in [3.8, 4) is 22.4 Å². The minimum atomic E-state index is -0.150. The number of para-hydroxylation sites is 1. The number of ether oxygens (including phenoxy) is 1. The Kier molecular flexibility index (Phi) is 6.81. The van der Waals surface area contributed by atoms with Gasteiger partial charge >= 0.3 is 5.97 Å². The highest BCUT2D eigenvalue weighted by Crippen LogP contribution is 2.30. The fourth-order valence-electron chi connectivity index (χ4n) is 3.82. The van der Waals surface area contributed by atoms with Gasteiger partial charge in [-0.05, 0) is 43.5 Å². The summed E-state index contributed by atoms with van der Waals surface area (Å²) in [7, 11) is 0. The van der Waals surface area contributed by atoms with E-state index >= 15 is 0 Å². The number of fused-ring (bicyclic) bond motifs is 1. The molecule has 4 nitrogen and oxygen atoms in total. The summed E-state index contributed by atoms with van der Waals surface area (Å²) >= 11 is 0. The van der Waals surface area contributed by atoms with Gasteiger partial charge in [-0.3, -0.25) is 4.79 Å². The Morgan fingerprint density at radius 3 is 2.47 bits per heavy atom. The number of rotatable bonds is 8. The van der Waals surface area contributed by atoms with Crippen molar-refractivity contribution in [1.82, 2.24) is 4.98 Å². The second-order valence-electron chi connectivity index (χ2n) is 7.85. The van der Waals surface area contributed by atoms with Gasteiger partial charge in [0.25, 0.3) is 0 Å². The molecule has 0 saturated carbocycles. The summed E-state index contributed by atoms with van der Waals surface area (Å²) in [6.45, 7) is 5.05. The number of anilines is 1. The fraction of sp³-hybridized carbons (Fsp3) is 0.214. The molecule has 1 heterocycles. The van der Waals surface area contributed by atoms with Crippen LogP contribution >= 0.6 is 0 Å². The number of nitrogens with one attached hydrogen (secondary N) is 1. The molecule has 0 fully saturated rings. The summed E-state index contributed by atoms with van der Waals surface area (Å²) in [5.41, 5.74) is 7.62. The number of aromatic nitrogens is 1. The molecule has 0 spiro atoms. The first-order valence-electron chi connectivity index (χ1n) is 11.1. The van der Waals surface area contributed by atoms with Gasteiger partial charge in [-0.2, -0.15) is 0 Å². The number of esters is 1. The highest BCUT2D eigenvalue weighted by Gasteiger charge is 2.09. The van der Waals surface area contributed by atoms with E-state index in [1.54, 1.807) is 0 Å². The lowest BCUT2D eigenvalue weighted by Gasteiger charge is -2.12. The van der Waals surface area contributed by atoms with E-state index in [1.165, 1.54) is 16.7 Å². The molecule has 0 amide bonds. The molecule has 0 saturated heterocycles. The highest BCUT2D eigenvalue weighted by atomic mass is 16.5. The number of pyridine rings is 1. The number of hydrogen-bond donors (Lipinski definition) is 1. The van der Waals surface area contributed by atoms with E-state index in [0.717, 1.165) is 34.3 Å². The summed E-state index contributed by atoms with van der Waals surface area (Å²) in [6.07, 6.45) is 1.13. The maximum absolute atomic E-state index is 11.6. The van der Waals surface area contributed by atoms with Gasteiger partial charge in [0.15, 0.2) is 0 Å². The second kappa shape index (κ2) is 10.1. The summed E-state index contributed by atoms with van der Waals surface area (Å²) in [5, 5.41) is 4.56. The monoisotopic (exact) mass is 424 g/mol. The van der Waals surface area contributed by atoms with Crippen molar-refractivity contribution in [2.75, 3.05) is 18.5 Å². The van der Waals surface area contributed by atoms with Crippen LogP contribution in [0.25, 0.3) is 33.3 Å². The third kappa shape index (κ3) is 5.14. The van der Waals surface area contributed by atoms with E-state index in [0.29, 0.717) is 19.6 Å². The molecule has 32 heavy (non-hydrogen) atoms. The molecule has 4 heteroatoms. The fourth-order valence-corrected chi connectivity index (χ4v) is 3.82. The van der Waals surface area contributed by atoms with Crippen LogP contribution in [-0.2, 0) is 9.53 Å². The quantitative estimate of drug-likeness (QED) is 0.255. The predicted octanol–water partition coefficient (Wildman–Crippen LogP) is 6.63. The lowest BCUT2D eigenvalue weighted by Crippen LogP contribution is -2.08. The van der Waals surface area contributed by atoms with E-state index in [1.807, 2.05) is 25.1 Å². The SMILES string of the molecule is CCOC(=O)CCCNc1cc(-c2ccc(-c3cccc(C)c3)cc2)nc2ccccc12. The van der Waals surface area contributed by atoms with Gasteiger partial charge in [0.1, 0.15) is 0 Å². The molecule has 4 rings (SSSR count). The highest BCUT2D eigenvalue weighted by molar-refractivity contribution is 5.93. The van der Waals surface area contributed by atoms with Gasteiger partial charge in [-0.15, -0.1) is 0 Å². The van der Waals surface area contributed by atoms with Crippen molar-refractivity contribution in [2.24, 2.45) is 0 Å². The van der Waals surface area contributed by atoms with E-state index < -0.39 is 0 Å². The molecule has 0 radical (unpaired) electrons. The van der Waals surface area contributed by atoms with Crippen LogP contribution in [0.1, 0.15) is 25.3 Å². The van der Waals surface area contributed by atoms with Gasteiger partial charge in [-0.1, -0.05) is 72.3 Å². The molecule has 1 N–H and O–H groups in total. The molecule has 0 unspecified atom stereocenters. The Hall–Kier alpha value is -3.66. The van der Waals surface area contributed by atoms with Crippen LogP contribution in [0, 0.1) is 6.92 Å². The summed E-state index contributed by atoms with van der Waals surface area (Å²) in [5.74, 6) is -0.150. The first-order valence-corrected chi connectivity index (χ1v) is 11.1. The zero-order valence-electron chi connectivity index (χ0n) is 18.6. The number of nitrogens with zero attached hydrogens (tertiary/aromatic N) is 1. The molecule has 0 aliphatic carbocycles. The average Bonchev–Trinajstić information content (AvgIpc) is 2.82. The van der Waals surface area contributed by atoms with Crippen LogP contribution in [0.4, 0.5) is 5.69 Å². The van der Waals surface area contributed by atoms with Crippen molar-refractivity contribution in [3.63, 3.8) is 0 Å². The minimum Gasteiger partial charge on any atom is -0.466 e. The Morgan fingerprint density at radius 1 is 0.906 bits per heavy atom. The van der Waals surface area contributed by atoms with Crippen LogP contribution in [0.3, 0.4) is 0 Å². The molecular weight excluding hydrogens is 396 g/mol. The van der Waals surface area contributed by atoms with Gasteiger partial charge < -0.3 is 10.1 Å². The zero-order valence-corrected chi connectivity index (χ0v) is 18.6. The molecular formula is C28H28N2O2. The Morgan fingerprint density at radius 2 is 1.69 bits per heavy atom. The topological polar surface area (TPSA) is 51.2 Å². The van der Waals surface area contributed by atoms with Crippen molar-refractivity contribution in [1.29, 1.82) is 0 Å². The summed E-state index contributed by atoms with van der Waals surface area (Å²) < 4.78 is 5.01. The van der Waals surface area contributed by atoms with Gasteiger partial charge in [0.2, 0.25) is 0 Å². The van der Waals surface area contributed by atoms with Crippen LogP contribution in [0.2, 0.25) is 0 Å². The van der Waals surface area contributed by atoms with Gasteiger partial charge in [0, 0.05) is 29.6 Å². The van der Waals surface area contributed by atoms with Crippen LogP contribution in [0.5, 0.6) is 0 Å². The molecule has 0 bridgehead atoms. The van der Waals surface area contributed by atoms with Crippen LogP contribution in [-0.4, -0.2) is 24.1 Å². The normalized spacial score (nSPS) is 10.8. The Balaban J connectivity index is 1.57. The number of benzene rings is 3. The Labute approximate surface area is 189 Å². The molecule has 0 aliphatic heterocycles. The third-order valence-corrected chi connectivity index (χ3v) is 5.43. The summed E-state index contributed by atoms with van der Waals surface area (Å²) in [6, 6.07) is 27.3. The van der Waals surface area contributed by atoms with Crippen LogP contribution < -0.4 is 5.32 Å². The van der Waals surface area contributed by atoms with Crippen molar-refractivity contribution < 1.29 is 9.53 Å². The largest absolute Gasteiger partial charge is 0.466 e. The van der Waals surface area contributed by atoms with Crippen molar-refractivity contribution in [3.05, 3.63) is 84.4 Å². The Bertz CT molecular complexity index is 1220. The average molecular weight is 425 g/mol. The molecule has 4 aromatic rings. The second-order valence-corrected chi connectivity index (χ2v) is 7.85.